The van der Waals surface area contributed by atoms with Crippen LogP contribution in [-0.2, 0) is 30.3 Å². The largest absolute Gasteiger partial charge is 0.480 e. The predicted molar refractivity (Wildman–Crippen MR) is 116 cm³/mol. The Morgan fingerprint density at radius 3 is 2.32 bits per heavy atom. The van der Waals surface area contributed by atoms with Gasteiger partial charge in [-0.1, -0.05) is 51.1 Å². The number of hydrogen-bond donors (Lipinski definition) is 2. The van der Waals surface area contributed by atoms with E-state index in [9.17, 15) is 19.2 Å². The van der Waals surface area contributed by atoms with Crippen LogP contribution in [0.2, 0.25) is 0 Å². The summed E-state index contributed by atoms with van der Waals surface area (Å²) in [6.07, 6.45) is 2.16. The Bertz CT molecular complexity index is 763. The molecule has 1 aromatic rings. The summed E-state index contributed by atoms with van der Waals surface area (Å²) in [6, 6.07) is 8.27. The fourth-order valence-electron chi connectivity index (χ4n) is 3.05. The minimum atomic E-state index is -1.03. The van der Waals surface area contributed by atoms with Gasteiger partial charge in [-0.25, -0.2) is 4.79 Å². The van der Waals surface area contributed by atoms with Crippen molar-refractivity contribution in [2.24, 2.45) is 11.1 Å². The van der Waals surface area contributed by atoms with Gasteiger partial charge in [0.2, 0.25) is 5.78 Å². The Morgan fingerprint density at radius 2 is 1.81 bits per heavy atom. The van der Waals surface area contributed by atoms with Crippen LogP contribution in [-0.4, -0.2) is 58.9 Å². The third kappa shape index (κ3) is 7.79. The van der Waals surface area contributed by atoms with Crippen molar-refractivity contribution < 1.29 is 29.0 Å². The lowest BCUT2D eigenvalue weighted by molar-refractivity contribution is -0.154. The average molecular weight is 435 g/mol. The Hall–Kier alpha value is -2.74. The van der Waals surface area contributed by atoms with Crippen LogP contribution in [0.4, 0.5) is 0 Å². The van der Waals surface area contributed by atoms with Crippen molar-refractivity contribution >= 4 is 23.6 Å². The first-order chi connectivity index (χ1) is 14.5. The van der Waals surface area contributed by atoms with E-state index in [0.717, 1.165) is 5.56 Å². The molecule has 3 N–H and O–H groups in total. The topological polar surface area (TPSA) is 127 Å². The average Bonchev–Trinajstić information content (AvgIpc) is 3.24. The molecule has 1 fully saturated rings. The minimum Gasteiger partial charge on any atom is -0.480 e. The highest BCUT2D eigenvalue weighted by atomic mass is 16.5. The van der Waals surface area contributed by atoms with Crippen molar-refractivity contribution in [1.82, 2.24) is 4.90 Å². The standard InChI is InChI=1S/C12H19NO4.C11H15NO2/c1-4-12(2,3)9(14)10(15)13-7-5-6-8(13)11(16)17;1-2-14-11(13)10(12)8-9-6-4-3-5-7-9/h8H,4-7H2,1-3H3,(H,16,17);3-7,10H,2,8,12H2,1H3/t8-;10-/m00/s1. The van der Waals surface area contributed by atoms with E-state index in [2.05, 4.69) is 0 Å². The van der Waals surface area contributed by atoms with Gasteiger partial charge in [-0.15, -0.1) is 0 Å². The number of esters is 1. The SMILES string of the molecule is CCC(C)(C)C(=O)C(=O)N1CCC[C@H]1C(=O)O.CCOC(=O)[C@@H](N)Cc1ccccc1. The van der Waals surface area contributed by atoms with Gasteiger partial charge < -0.3 is 20.5 Å². The fourth-order valence-corrected chi connectivity index (χ4v) is 3.05. The van der Waals surface area contributed by atoms with Crippen molar-refractivity contribution in [2.45, 2.75) is 65.5 Å². The number of hydrogen-bond acceptors (Lipinski definition) is 6. The van der Waals surface area contributed by atoms with Crippen LogP contribution in [0.1, 0.15) is 52.5 Å². The number of carboxylic acids is 1. The van der Waals surface area contributed by atoms with Crippen molar-refractivity contribution in [3.63, 3.8) is 0 Å². The van der Waals surface area contributed by atoms with Crippen molar-refractivity contribution in [1.29, 1.82) is 0 Å². The minimum absolute atomic E-state index is 0.337. The van der Waals surface area contributed by atoms with Gasteiger partial charge in [0, 0.05) is 12.0 Å². The maximum atomic E-state index is 12.0. The molecule has 8 heteroatoms. The highest BCUT2D eigenvalue weighted by Crippen LogP contribution is 2.25. The third-order valence-electron chi connectivity index (χ3n) is 5.38. The summed E-state index contributed by atoms with van der Waals surface area (Å²) in [6.45, 7) is 7.76. The van der Waals surface area contributed by atoms with Crippen molar-refractivity contribution in [3.8, 4) is 0 Å². The molecule has 1 saturated heterocycles. The quantitative estimate of drug-likeness (QED) is 0.474. The third-order valence-corrected chi connectivity index (χ3v) is 5.38. The molecule has 2 rings (SSSR count). The van der Waals surface area contributed by atoms with Crippen LogP contribution >= 0.6 is 0 Å². The van der Waals surface area contributed by atoms with Crippen molar-refractivity contribution in [3.05, 3.63) is 35.9 Å². The van der Waals surface area contributed by atoms with Gasteiger partial charge in [-0.3, -0.25) is 14.4 Å². The number of carbonyl (C=O) groups is 4. The number of benzene rings is 1. The molecule has 1 heterocycles. The second-order valence-corrected chi connectivity index (χ2v) is 8.11. The monoisotopic (exact) mass is 434 g/mol. The van der Waals surface area contributed by atoms with Gasteiger partial charge in [0.15, 0.2) is 0 Å². The Balaban J connectivity index is 0.000000316. The number of nitrogens with two attached hydrogens (primary N) is 1. The van der Waals surface area contributed by atoms with Crippen LogP contribution in [0.25, 0.3) is 0 Å². The zero-order valence-corrected chi connectivity index (χ0v) is 18.8. The number of nitrogens with zero attached hydrogens (tertiary/aromatic N) is 1. The maximum absolute atomic E-state index is 12.0. The normalized spacial score (nSPS) is 16.7. The smallest absolute Gasteiger partial charge is 0.326 e. The Labute approximate surface area is 183 Å². The number of amides is 1. The molecule has 1 aromatic carbocycles. The molecule has 1 amide bonds. The van der Waals surface area contributed by atoms with E-state index in [0.29, 0.717) is 38.8 Å². The Kier molecular flexibility index (Phi) is 10.3. The number of aliphatic carboxylic acids is 1. The molecule has 0 spiro atoms. The highest BCUT2D eigenvalue weighted by molar-refractivity contribution is 6.38. The molecular formula is C23H34N2O6. The molecule has 0 aromatic heterocycles. The zero-order valence-electron chi connectivity index (χ0n) is 18.8. The lowest BCUT2D eigenvalue weighted by Crippen LogP contribution is -2.47. The summed E-state index contributed by atoms with van der Waals surface area (Å²) in [4.78, 5) is 47.3. The summed E-state index contributed by atoms with van der Waals surface area (Å²) >= 11 is 0. The van der Waals surface area contributed by atoms with Gasteiger partial charge in [0.25, 0.3) is 5.91 Å². The lowest BCUT2D eigenvalue weighted by Gasteiger charge is -2.26. The highest BCUT2D eigenvalue weighted by Gasteiger charge is 2.41. The molecule has 1 aliphatic heterocycles. The number of Topliss-reactive ketones (excluding diaryl/α,β-unsaturated/α-hetero) is 1. The molecule has 0 aliphatic carbocycles. The first-order valence-electron chi connectivity index (χ1n) is 10.6. The van der Waals surface area contributed by atoms with Crippen LogP contribution in [0, 0.1) is 5.41 Å². The number of rotatable bonds is 8. The second-order valence-electron chi connectivity index (χ2n) is 8.11. The summed E-state index contributed by atoms with van der Waals surface area (Å²) in [5.41, 5.74) is 5.99. The first-order valence-corrected chi connectivity index (χ1v) is 10.6. The number of carboxylic acid groups (broad SMARTS) is 1. The van der Waals surface area contributed by atoms with Gasteiger partial charge in [-0.05, 0) is 38.2 Å². The molecule has 1 aliphatic rings. The number of carbonyl (C=O) groups excluding carboxylic acids is 3. The molecule has 0 radical (unpaired) electrons. The van der Waals surface area contributed by atoms with E-state index in [1.54, 1.807) is 20.8 Å². The second kappa shape index (κ2) is 12.2. The van der Waals surface area contributed by atoms with Gasteiger partial charge in [0.1, 0.15) is 12.1 Å². The molecule has 0 bridgehead atoms. The molecule has 172 valence electrons. The number of ketones is 1. The summed E-state index contributed by atoms with van der Waals surface area (Å²) in [7, 11) is 0. The van der Waals surface area contributed by atoms with E-state index < -0.39 is 35.2 Å². The molecule has 2 atom stereocenters. The van der Waals surface area contributed by atoms with Crippen LogP contribution in [0.15, 0.2) is 30.3 Å². The zero-order chi connectivity index (χ0) is 23.6. The van der Waals surface area contributed by atoms with E-state index in [1.165, 1.54) is 4.90 Å². The summed E-state index contributed by atoms with van der Waals surface area (Å²) in [5, 5.41) is 8.97. The van der Waals surface area contributed by atoms with Crippen LogP contribution in [0.5, 0.6) is 0 Å². The Morgan fingerprint density at radius 1 is 1.19 bits per heavy atom. The van der Waals surface area contributed by atoms with Gasteiger partial charge >= 0.3 is 11.9 Å². The maximum Gasteiger partial charge on any atom is 0.326 e. The van der Waals surface area contributed by atoms with E-state index in [1.807, 2.05) is 37.3 Å². The number of ether oxygens (including phenoxy) is 1. The molecule has 31 heavy (non-hydrogen) atoms. The summed E-state index contributed by atoms with van der Waals surface area (Å²) < 4.78 is 4.81. The van der Waals surface area contributed by atoms with Crippen LogP contribution in [0.3, 0.4) is 0 Å². The van der Waals surface area contributed by atoms with E-state index >= 15 is 0 Å². The van der Waals surface area contributed by atoms with Crippen LogP contribution < -0.4 is 5.73 Å². The molecule has 0 unspecified atom stereocenters. The first kappa shape index (κ1) is 26.3. The fraction of sp³-hybridized carbons (Fsp3) is 0.565. The summed E-state index contributed by atoms with van der Waals surface area (Å²) in [5.74, 6) is -2.51. The van der Waals surface area contributed by atoms with E-state index in [4.69, 9.17) is 15.6 Å². The van der Waals surface area contributed by atoms with E-state index in [-0.39, 0.29) is 5.97 Å². The van der Waals surface area contributed by atoms with Gasteiger partial charge in [0.05, 0.1) is 6.61 Å². The predicted octanol–water partition coefficient (Wildman–Crippen LogP) is 2.19. The van der Waals surface area contributed by atoms with Gasteiger partial charge in [-0.2, -0.15) is 0 Å². The molecular weight excluding hydrogens is 400 g/mol. The number of likely N-dealkylation sites (tertiary alicyclic amines) is 1. The lowest BCUT2D eigenvalue weighted by atomic mass is 9.84. The molecule has 8 nitrogen and oxygen atoms in total. The van der Waals surface area contributed by atoms with Crippen molar-refractivity contribution in [2.75, 3.05) is 13.2 Å². The molecule has 0 saturated carbocycles.